The van der Waals surface area contributed by atoms with E-state index in [1.807, 2.05) is 43.3 Å². The lowest BCUT2D eigenvalue weighted by molar-refractivity contribution is -0.147. The molecule has 0 radical (unpaired) electrons. The van der Waals surface area contributed by atoms with Gasteiger partial charge in [0.25, 0.3) is 5.91 Å². The monoisotopic (exact) mass is 394 g/mol. The number of carbonyl (C=O) groups is 3. The van der Waals surface area contributed by atoms with Crippen LogP contribution in [-0.4, -0.2) is 40.9 Å². The molecule has 0 bridgehead atoms. The highest BCUT2D eigenvalue weighted by molar-refractivity contribution is 5.94. The van der Waals surface area contributed by atoms with Crippen molar-refractivity contribution >= 4 is 17.8 Å². The SMILES string of the molecule is CC1CC(C(=O)O)CN(C(=O)CC(NC(=O)c2ccccc2)c2ccccc2)C1. The maximum absolute atomic E-state index is 13.0. The Bertz CT molecular complexity index is 854. The van der Waals surface area contributed by atoms with Gasteiger partial charge in [-0.15, -0.1) is 0 Å². The van der Waals surface area contributed by atoms with Gasteiger partial charge >= 0.3 is 5.97 Å². The molecule has 2 N–H and O–H groups in total. The molecule has 1 saturated heterocycles. The molecule has 1 fully saturated rings. The molecule has 3 unspecified atom stereocenters. The van der Waals surface area contributed by atoms with Crippen LogP contribution in [0.2, 0.25) is 0 Å². The molecule has 29 heavy (non-hydrogen) atoms. The lowest BCUT2D eigenvalue weighted by Crippen LogP contribution is -2.46. The van der Waals surface area contributed by atoms with E-state index in [1.54, 1.807) is 29.2 Å². The van der Waals surface area contributed by atoms with Crippen molar-refractivity contribution in [2.24, 2.45) is 11.8 Å². The number of piperidine rings is 1. The first-order chi connectivity index (χ1) is 13.9. The molecular formula is C23H26N2O4. The fourth-order valence-electron chi connectivity index (χ4n) is 3.81. The summed E-state index contributed by atoms with van der Waals surface area (Å²) in [6.45, 7) is 2.71. The van der Waals surface area contributed by atoms with Crippen LogP contribution in [0.3, 0.4) is 0 Å². The summed E-state index contributed by atoms with van der Waals surface area (Å²) in [5.74, 6) is -1.68. The van der Waals surface area contributed by atoms with E-state index in [0.29, 0.717) is 18.5 Å². The fraction of sp³-hybridized carbons (Fsp3) is 0.348. The Hall–Kier alpha value is -3.15. The number of carboxylic acids is 1. The van der Waals surface area contributed by atoms with Gasteiger partial charge in [0, 0.05) is 18.7 Å². The van der Waals surface area contributed by atoms with Crippen molar-refractivity contribution in [1.29, 1.82) is 0 Å². The molecule has 6 heteroatoms. The van der Waals surface area contributed by atoms with Crippen molar-refractivity contribution in [2.75, 3.05) is 13.1 Å². The third kappa shape index (κ3) is 5.44. The number of carboxylic acid groups (broad SMARTS) is 1. The molecule has 1 aliphatic rings. The van der Waals surface area contributed by atoms with Gasteiger partial charge in [-0.3, -0.25) is 14.4 Å². The number of benzene rings is 2. The van der Waals surface area contributed by atoms with E-state index in [-0.39, 0.29) is 30.7 Å². The molecule has 2 aromatic carbocycles. The van der Waals surface area contributed by atoms with Crippen molar-refractivity contribution in [3.8, 4) is 0 Å². The average molecular weight is 394 g/mol. The molecule has 1 aliphatic heterocycles. The van der Waals surface area contributed by atoms with Crippen LogP contribution in [0.1, 0.15) is 41.7 Å². The molecule has 3 rings (SSSR count). The third-order valence-corrected chi connectivity index (χ3v) is 5.28. The van der Waals surface area contributed by atoms with Gasteiger partial charge < -0.3 is 15.3 Å². The Labute approximate surface area is 170 Å². The van der Waals surface area contributed by atoms with Crippen molar-refractivity contribution in [2.45, 2.75) is 25.8 Å². The van der Waals surface area contributed by atoms with Gasteiger partial charge in [-0.25, -0.2) is 0 Å². The number of aliphatic carboxylic acids is 1. The first kappa shape index (κ1) is 20.6. The zero-order valence-corrected chi connectivity index (χ0v) is 16.5. The van der Waals surface area contributed by atoms with Crippen LogP contribution in [0.5, 0.6) is 0 Å². The standard InChI is InChI=1S/C23H26N2O4/c1-16-12-19(23(28)29)15-25(14-16)21(26)13-20(17-8-4-2-5-9-17)24-22(27)18-10-6-3-7-11-18/h2-11,16,19-20H,12-15H2,1H3,(H,24,27)(H,28,29). The third-order valence-electron chi connectivity index (χ3n) is 5.28. The summed E-state index contributed by atoms with van der Waals surface area (Å²) in [4.78, 5) is 38.7. The Morgan fingerprint density at radius 1 is 1.03 bits per heavy atom. The largest absolute Gasteiger partial charge is 0.481 e. The van der Waals surface area contributed by atoms with E-state index in [2.05, 4.69) is 5.32 Å². The van der Waals surface area contributed by atoms with Crippen LogP contribution >= 0.6 is 0 Å². The second kappa shape index (κ2) is 9.37. The Balaban J connectivity index is 1.75. The smallest absolute Gasteiger partial charge is 0.308 e. The predicted molar refractivity (Wildman–Crippen MR) is 109 cm³/mol. The molecule has 1 heterocycles. The van der Waals surface area contributed by atoms with Gasteiger partial charge in [0.2, 0.25) is 5.91 Å². The average Bonchev–Trinajstić information content (AvgIpc) is 2.74. The van der Waals surface area contributed by atoms with Crippen LogP contribution in [-0.2, 0) is 9.59 Å². The Morgan fingerprint density at radius 2 is 1.66 bits per heavy atom. The highest BCUT2D eigenvalue weighted by atomic mass is 16.4. The van der Waals surface area contributed by atoms with Crippen molar-refractivity contribution in [3.05, 3.63) is 71.8 Å². The van der Waals surface area contributed by atoms with E-state index < -0.39 is 17.9 Å². The second-order valence-corrected chi connectivity index (χ2v) is 7.68. The number of likely N-dealkylation sites (tertiary alicyclic amines) is 1. The summed E-state index contributed by atoms with van der Waals surface area (Å²) in [6.07, 6.45) is 0.660. The van der Waals surface area contributed by atoms with E-state index >= 15 is 0 Å². The number of rotatable bonds is 6. The normalized spacial score (nSPS) is 20.0. The van der Waals surface area contributed by atoms with E-state index in [4.69, 9.17) is 0 Å². The topological polar surface area (TPSA) is 86.7 Å². The molecule has 3 atom stereocenters. The predicted octanol–water partition coefficient (Wildman–Crippen LogP) is 3.12. The minimum Gasteiger partial charge on any atom is -0.481 e. The lowest BCUT2D eigenvalue weighted by atomic mass is 9.90. The van der Waals surface area contributed by atoms with E-state index in [1.165, 1.54) is 0 Å². The van der Waals surface area contributed by atoms with Gasteiger partial charge in [0.15, 0.2) is 0 Å². The number of nitrogens with zero attached hydrogens (tertiary/aromatic N) is 1. The van der Waals surface area contributed by atoms with Crippen LogP contribution < -0.4 is 5.32 Å². The van der Waals surface area contributed by atoms with Crippen LogP contribution in [0.4, 0.5) is 0 Å². The minimum atomic E-state index is -0.869. The molecule has 0 aliphatic carbocycles. The number of amides is 2. The van der Waals surface area contributed by atoms with E-state index in [9.17, 15) is 19.5 Å². The van der Waals surface area contributed by atoms with E-state index in [0.717, 1.165) is 5.56 Å². The molecular weight excluding hydrogens is 368 g/mol. The lowest BCUT2D eigenvalue weighted by Gasteiger charge is -2.35. The van der Waals surface area contributed by atoms with Gasteiger partial charge in [-0.1, -0.05) is 55.5 Å². The summed E-state index contributed by atoms with van der Waals surface area (Å²) in [6, 6.07) is 17.7. The first-order valence-corrected chi connectivity index (χ1v) is 9.85. The number of hydrogen-bond acceptors (Lipinski definition) is 3. The minimum absolute atomic E-state index is 0.0850. The van der Waals surface area contributed by atoms with Crippen LogP contribution in [0.25, 0.3) is 0 Å². The maximum Gasteiger partial charge on any atom is 0.308 e. The first-order valence-electron chi connectivity index (χ1n) is 9.85. The van der Waals surface area contributed by atoms with Gasteiger partial charge in [-0.2, -0.15) is 0 Å². The molecule has 2 amide bonds. The molecule has 0 spiro atoms. The quantitative estimate of drug-likeness (QED) is 0.788. The maximum atomic E-state index is 13.0. The number of nitrogens with one attached hydrogen (secondary N) is 1. The molecule has 152 valence electrons. The number of hydrogen-bond donors (Lipinski definition) is 2. The molecule has 2 aromatic rings. The Morgan fingerprint density at radius 3 is 2.28 bits per heavy atom. The zero-order chi connectivity index (χ0) is 20.8. The highest BCUT2D eigenvalue weighted by Crippen LogP contribution is 2.25. The summed E-state index contributed by atoms with van der Waals surface area (Å²) >= 11 is 0. The molecule has 0 aromatic heterocycles. The second-order valence-electron chi connectivity index (χ2n) is 7.68. The highest BCUT2D eigenvalue weighted by Gasteiger charge is 2.33. The van der Waals surface area contributed by atoms with Crippen molar-refractivity contribution in [3.63, 3.8) is 0 Å². The summed E-state index contributed by atoms with van der Waals surface area (Å²) in [5, 5.41) is 12.3. The van der Waals surface area contributed by atoms with Gasteiger partial charge in [0.05, 0.1) is 18.4 Å². The summed E-state index contributed by atoms with van der Waals surface area (Å²) in [5.41, 5.74) is 1.36. The van der Waals surface area contributed by atoms with Crippen molar-refractivity contribution in [1.82, 2.24) is 10.2 Å². The molecule has 6 nitrogen and oxygen atoms in total. The fourth-order valence-corrected chi connectivity index (χ4v) is 3.81. The summed E-state index contributed by atoms with van der Waals surface area (Å²) < 4.78 is 0. The van der Waals surface area contributed by atoms with Crippen molar-refractivity contribution < 1.29 is 19.5 Å². The molecule has 0 saturated carbocycles. The van der Waals surface area contributed by atoms with Crippen LogP contribution in [0, 0.1) is 11.8 Å². The zero-order valence-electron chi connectivity index (χ0n) is 16.5. The number of carbonyl (C=O) groups excluding carboxylic acids is 2. The van der Waals surface area contributed by atoms with Gasteiger partial charge in [0.1, 0.15) is 0 Å². The summed E-state index contributed by atoms with van der Waals surface area (Å²) in [7, 11) is 0. The Kier molecular flexibility index (Phi) is 6.65. The van der Waals surface area contributed by atoms with Gasteiger partial charge in [-0.05, 0) is 30.0 Å². The van der Waals surface area contributed by atoms with Crippen LogP contribution in [0.15, 0.2) is 60.7 Å².